The second-order valence-electron chi connectivity index (χ2n) is 6.21. The molecule has 6 heteroatoms. The zero-order valence-electron chi connectivity index (χ0n) is 14.9. The van der Waals surface area contributed by atoms with Crippen molar-refractivity contribution in [2.24, 2.45) is 4.99 Å². The molecule has 4 nitrogen and oxygen atoms in total. The second kappa shape index (κ2) is 10.1. The van der Waals surface area contributed by atoms with Gasteiger partial charge in [-0.3, -0.25) is 0 Å². The number of aryl methyl sites for hydroxylation is 1. The normalized spacial score (nSPS) is 15.0. The molecular weight excluding hydrogens is 443 g/mol. The van der Waals surface area contributed by atoms with Gasteiger partial charge in [-0.2, -0.15) is 0 Å². The van der Waals surface area contributed by atoms with Crippen LogP contribution in [0.25, 0.3) is 10.6 Å². The van der Waals surface area contributed by atoms with Crippen LogP contribution in [-0.2, 0) is 6.54 Å². The summed E-state index contributed by atoms with van der Waals surface area (Å²) in [5.41, 5.74) is 2.26. The molecule has 1 aromatic carbocycles. The molecular formula is C19H27IN4S. The van der Waals surface area contributed by atoms with E-state index in [1.54, 1.807) is 11.3 Å². The molecule has 0 bridgehead atoms. The smallest absolute Gasteiger partial charge is 0.191 e. The van der Waals surface area contributed by atoms with Crippen LogP contribution in [0.3, 0.4) is 0 Å². The first kappa shape index (κ1) is 20.2. The maximum atomic E-state index is 4.78. The molecule has 2 aromatic rings. The lowest BCUT2D eigenvalue weighted by atomic mass is 10.2. The number of thiazole rings is 1. The number of halogens is 1. The predicted octanol–water partition coefficient (Wildman–Crippen LogP) is 4.73. The molecule has 25 heavy (non-hydrogen) atoms. The minimum atomic E-state index is 0. The summed E-state index contributed by atoms with van der Waals surface area (Å²) in [5.74, 6) is 0.929. The van der Waals surface area contributed by atoms with Crippen LogP contribution in [0.1, 0.15) is 43.2 Å². The number of aromatic nitrogens is 1. The molecule has 1 aromatic heterocycles. The van der Waals surface area contributed by atoms with Crippen LogP contribution >= 0.6 is 35.3 Å². The number of rotatable bonds is 5. The molecule has 3 rings (SSSR count). The molecule has 0 saturated heterocycles. The van der Waals surface area contributed by atoms with Gasteiger partial charge in [0, 0.05) is 23.0 Å². The van der Waals surface area contributed by atoms with Crippen LogP contribution < -0.4 is 10.6 Å². The second-order valence-corrected chi connectivity index (χ2v) is 7.30. The van der Waals surface area contributed by atoms with E-state index in [9.17, 15) is 0 Å². The molecule has 0 amide bonds. The number of nitrogens with one attached hydrogen (secondary N) is 2. The SMILES string of the molecule is CCNC(=NCc1sc(-c2ccccc2)nc1C)NC1CCCC1.I. The van der Waals surface area contributed by atoms with E-state index in [-0.39, 0.29) is 24.0 Å². The summed E-state index contributed by atoms with van der Waals surface area (Å²) in [6.45, 7) is 5.75. The van der Waals surface area contributed by atoms with Crippen LogP contribution in [-0.4, -0.2) is 23.5 Å². The van der Waals surface area contributed by atoms with Gasteiger partial charge in [-0.25, -0.2) is 9.98 Å². The van der Waals surface area contributed by atoms with Gasteiger partial charge in [-0.05, 0) is 26.7 Å². The fourth-order valence-corrected chi connectivity index (χ4v) is 4.01. The van der Waals surface area contributed by atoms with Crippen molar-refractivity contribution in [3.8, 4) is 10.6 Å². The Balaban J connectivity index is 0.00000225. The van der Waals surface area contributed by atoms with Gasteiger partial charge in [0.2, 0.25) is 0 Å². The summed E-state index contributed by atoms with van der Waals surface area (Å²) < 4.78 is 0. The van der Waals surface area contributed by atoms with E-state index in [1.165, 1.54) is 36.1 Å². The minimum absolute atomic E-state index is 0. The van der Waals surface area contributed by atoms with Gasteiger partial charge < -0.3 is 10.6 Å². The highest BCUT2D eigenvalue weighted by Crippen LogP contribution is 2.28. The average molecular weight is 470 g/mol. The Morgan fingerprint density at radius 3 is 2.64 bits per heavy atom. The minimum Gasteiger partial charge on any atom is -0.357 e. The highest BCUT2D eigenvalue weighted by atomic mass is 127. The standard InChI is InChI=1S/C19H26N4S.HI/c1-3-20-19(23-16-11-7-8-12-16)21-13-17-14(2)22-18(24-17)15-9-5-4-6-10-15;/h4-6,9-10,16H,3,7-8,11-13H2,1-2H3,(H2,20,21,23);1H. The van der Waals surface area contributed by atoms with Gasteiger partial charge >= 0.3 is 0 Å². The lowest BCUT2D eigenvalue weighted by molar-refractivity contribution is 0.614. The number of hydrogen-bond donors (Lipinski definition) is 2. The highest BCUT2D eigenvalue weighted by Gasteiger charge is 2.16. The van der Waals surface area contributed by atoms with Crippen molar-refractivity contribution in [1.29, 1.82) is 0 Å². The van der Waals surface area contributed by atoms with Crippen LogP contribution in [0, 0.1) is 6.92 Å². The molecule has 1 saturated carbocycles. The number of nitrogens with zero attached hydrogens (tertiary/aromatic N) is 2. The van der Waals surface area contributed by atoms with Crippen molar-refractivity contribution in [2.45, 2.75) is 52.1 Å². The van der Waals surface area contributed by atoms with Crippen molar-refractivity contribution >= 4 is 41.3 Å². The Bertz CT molecular complexity index is 678. The fraction of sp³-hybridized carbons (Fsp3) is 0.474. The van der Waals surface area contributed by atoms with Crippen molar-refractivity contribution < 1.29 is 0 Å². The Morgan fingerprint density at radius 2 is 1.96 bits per heavy atom. The number of hydrogen-bond acceptors (Lipinski definition) is 3. The van der Waals surface area contributed by atoms with Gasteiger partial charge in [0.15, 0.2) is 5.96 Å². The third-order valence-corrected chi connectivity index (χ3v) is 5.53. The number of guanidine groups is 1. The van der Waals surface area contributed by atoms with Gasteiger partial charge in [-0.1, -0.05) is 43.2 Å². The summed E-state index contributed by atoms with van der Waals surface area (Å²) in [7, 11) is 0. The first-order valence-electron chi connectivity index (χ1n) is 8.83. The fourth-order valence-electron chi connectivity index (χ4n) is 3.01. The lowest BCUT2D eigenvalue weighted by Crippen LogP contribution is -2.42. The first-order chi connectivity index (χ1) is 11.8. The predicted molar refractivity (Wildman–Crippen MR) is 118 cm³/mol. The Labute approximate surface area is 171 Å². The van der Waals surface area contributed by atoms with Crippen molar-refractivity contribution in [3.63, 3.8) is 0 Å². The van der Waals surface area contributed by atoms with Crippen LogP contribution in [0.15, 0.2) is 35.3 Å². The third kappa shape index (κ3) is 5.67. The number of aliphatic imine (C=N–C) groups is 1. The molecule has 1 aliphatic rings. The molecule has 1 heterocycles. The van der Waals surface area contributed by atoms with E-state index in [2.05, 4.69) is 48.7 Å². The summed E-state index contributed by atoms with van der Waals surface area (Å²) in [4.78, 5) is 10.7. The van der Waals surface area contributed by atoms with Gasteiger partial charge in [-0.15, -0.1) is 35.3 Å². The van der Waals surface area contributed by atoms with Crippen molar-refractivity contribution in [1.82, 2.24) is 15.6 Å². The summed E-state index contributed by atoms with van der Waals surface area (Å²) in [5, 5.41) is 8.00. The maximum Gasteiger partial charge on any atom is 0.191 e. The molecule has 136 valence electrons. The topological polar surface area (TPSA) is 49.3 Å². The summed E-state index contributed by atoms with van der Waals surface area (Å²) in [6, 6.07) is 10.9. The number of benzene rings is 1. The molecule has 0 aliphatic heterocycles. The maximum absolute atomic E-state index is 4.78. The molecule has 2 N–H and O–H groups in total. The monoisotopic (exact) mass is 470 g/mol. The Morgan fingerprint density at radius 1 is 1.24 bits per heavy atom. The van der Waals surface area contributed by atoms with E-state index < -0.39 is 0 Å². The molecule has 0 unspecified atom stereocenters. The van der Waals surface area contributed by atoms with E-state index in [0.717, 1.165) is 23.2 Å². The van der Waals surface area contributed by atoms with Gasteiger partial charge in [0.1, 0.15) is 5.01 Å². The largest absolute Gasteiger partial charge is 0.357 e. The first-order valence-corrected chi connectivity index (χ1v) is 9.64. The molecule has 0 radical (unpaired) electrons. The molecule has 0 atom stereocenters. The summed E-state index contributed by atoms with van der Waals surface area (Å²) >= 11 is 1.74. The zero-order chi connectivity index (χ0) is 16.8. The van der Waals surface area contributed by atoms with Crippen LogP contribution in [0.2, 0.25) is 0 Å². The van der Waals surface area contributed by atoms with E-state index in [0.29, 0.717) is 12.6 Å². The molecule has 1 aliphatic carbocycles. The van der Waals surface area contributed by atoms with Gasteiger partial charge in [0.05, 0.1) is 12.2 Å². The van der Waals surface area contributed by atoms with Crippen LogP contribution in [0.4, 0.5) is 0 Å². The van der Waals surface area contributed by atoms with E-state index >= 15 is 0 Å². The third-order valence-electron chi connectivity index (χ3n) is 4.33. The average Bonchev–Trinajstić information content (AvgIpc) is 3.23. The lowest BCUT2D eigenvalue weighted by Gasteiger charge is -2.16. The zero-order valence-corrected chi connectivity index (χ0v) is 18.1. The molecule has 0 spiro atoms. The van der Waals surface area contributed by atoms with Gasteiger partial charge in [0.25, 0.3) is 0 Å². The van der Waals surface area contributed by atoms with E-state index in [1.807, 2.05) is 6.07 Å². The molecule has 1 fully saturated rings. The Hall–Kier alpha value is -1.15. The van der Waals surface area contributed by atoms with Crippen LogP contribution in [0.5, 0.6) is 0 Å². The highest BCUT2D eigenvalue weighted by molar-refractivity contribution is 14.0. The summed E-state index contributed by atoms with van der Waals surface area (Å²) in [6.07, 6.45) is 5.15. The quantitative estimate of drug-likeness (QED) is 0.377. The van der Waals surface area contributed by atoms with E-state index in [4.69, 9.17) is 9.98 Å². The van der Waals surface area contributed by atoms with Crippen molar-refractivity contribution in [3.05, 3.63) is 40.9 Å². The Kier molecular flexibility index (Phi) is 8.15. The van der Waals surface area contributed by atoms with Crippen molar-refractivity contribution in [2.75, 3.05) is 6.54 Å².